The first-order chi connectivity index (χ1) is 13.7. The number of rotatable bonds is 4. The number of amides is 1. The van der Waals surface area contributed by atoms with Gasteiger partial charge < -0.3 is 15.0 Å². The summed E-state index contributed by atoms with van der Waals surface area (Å²) >= 11 is 0. The van der Waals surface area contributed by atoms with Gasteiger partial charge >= 0.3 is 0 Å². The fourth-order valence-electron chi connectivity index (χ4n) is 4.02. The van der Waals surface area contributed by atoms with Crippen LogP contribution in [0.25, 0.3) is 11.0 Å². The van der Waals surface area contributed by atoms with Crippen LogP contribution < -0.4 is 0 Å². The van der Waals surface area contributed by atoms with E-state index in [2.05, 4.69) is 9.97 Å². The molecule has 1 unspecified atom stereocenters. The average molecular weight is 369 g/mol. The highest BCUT2D eigenvalue weighted by Gasteiger charge is 2.49. The fourth-order valence-corrected chi connectivity index (χ4v) is 4.02. The number of aliphatic hydroxyl groups is 1. The molecule has 1 atom stereocenters. The highest BCUT2D eigenvalue weighted by molar-refractivity contribution is 6.00. The number of carbonyl (C=O) groups is 1. The molecular weight excluding hydrogens is 350 g/mol. The summed E-state index contributed by atoms with van der Waals surface area (Å²) in [4.78, 5) is 22.1. The van der Waals surface area contributed by atoms with Gasteiger partial charge in [-0.3, -0.25) is 4.79 Å². The SMILES string of the molecule is O=C1c2ccccc2C(O)(c2ccc3nc[nH]c3c2)N1CCc1ccccc1. The summed E-state index contributed by atoms with van der Waals surface area (Å²) < 4.78 is 0. The standard InChI is InChI=1S/C23H19N3O2/c27-22-18-8-4-5-9-19(18)23(28,17-10-11-20-21(14-17)25-15-24-20)26(22)13-12-16-6-2-1-3-7-16/h1-11,14-15,28H,12-13H2,(H,24,25). The largest absolute Gasteiger partial charge is 0.363 e. The van der Waals surface area contributed by atoms with E-state index < -0.39 is 5.72 Å². The zero-order chi connectivity index (χ0) is 19.1. The number of aromatic nitrogens is 2. The molecule has 1 aliphatic heterocycles. The number of hydrogen-bond acceptors (Lipinski definition) is 3. The van der Waals surface area contributed by atoms with E-state index in [9.17, 15) is 9.90 Å². The lowest BCUT2D eigenvalue weighted by Gasteiger charge is -2.35. The summed E-state index contributed by atoms with van der Waals surface area (Å²) in [6.45, 7) is 0.412. The molecule has 1 amide bonds. The number of carbonyl (C=O) groups excluding carboxylic acids is 1. The molecule has 5 heteroatoms. The Morgan fingerprint density at radius 3 is 2.64 bits per heavy atom. The molecular formula is C23H19N3O2. The topological polar surface area (TPSA) is 69.2 Å². The Morgan fingerprint density at radius 2 is 1.79 bits per heavy atom. The van der Waals surface area contributed by atoms with Gasteiger partial charge in [-0.1, -0.05) is 54.6 Å². The van der Waals surface area contributed by atoms with Crippen LogP contribution in [0, 0.1) is 0 Å². The van der Waals surface area contributed by atoms with E-state index in [1.54, 1.807) is 17.3 Å². The van der Waals surface area contributed by atoms with E-state index in [1.165, 1.54) is 0 Å². The van der Waals surface area contributed by atoms with Gasteiger partial charge in [-0.25, -0.2) is 4.98 Å². The molecule has 0 saturated carbocycles. The van der Waals surface area contributed by atoms with E-state index in [4.69, 9.17) is 0 Å². The second-order valence-corrected chi connectivity index (χ2v) is 7.04. The Bertz CT molecular complexity index is 1170. The van der Waals surface area contributed by atoms with Gasteiger partial charge in [0.25, 0.3) is 5.91 Å². The van der Waals surface area contributed by atoms with Gasteiger partial charge in [-0.15, -0.1) is 0 Å². The zero-order valence-corrected chi connectivity index (χ0v) is 15.2. The van der Waals surface area contributed by atoms with E-state index >= 15 is 0 Å². The predicted octanol–water partition coefficient (Wildman–Crippen LogP) is 3.45. The van der Waals surface area contributed by atoms with Crippen molar-refractivity contribution in [1.29, 1.82) is 0 Å². The van der Waals surface area contributed by atoms with E-state index in [-0.39, 0.29) is 5.91 Å². The maximum Gasteiger partial charge on any atom is 0.257 e. The Kier molecular flexibility index (Phi) is 3.77. The quantitative estimate of drug-likeness (QED) is 0.579. The van der Waals surface area contributed by atoms with E-state index in [1.807, 2.05) is 66.7 Å². The molecule has 0 bridgehead atoms. The van der Waals surface area contributed by atoms with Crippen molar-refractivity contribution in [2.45, 2.75) is 12.1 Å². The molecule has 1 aliphatic rings. The minimum Gasteiger partial charge on any atom is -0.363 e. The van der Waals surface area contributed by atoms with Gasteiger partial charge in [0.1, 0.15) is 0 Å². The second-order valence-electron chi connectivity index (χ2n) is 7.04. The minimum atomic E-state index is -1.51. The molecule has 0 radical (unpaired) electrons. The molecule has 2 heterocycles. The third-order valence-corrected chi connectivity index (χ3v) is 5.46. The van der Waals surface area contributed by atoms with Crippen LogP contribution >= 0.6 is 0 Å². The summed E-state index contributed by atoms with van der Waals surface area (Å²) in [7, 11) is 0. The van der Waals surface area contributed by atoms with Crippen LogP contribution in [0.2, 0.25) is 0 Å². The lowest BCUT2D eigenvalue weighted by atomic mass is 9.93. The minimum absolute atomic E-state index is 0.154. The first kappa shape index (κ1) is 16.7. The summed E-state index contributed by atoms with van der Waals surface area (Å²) in [5, 5.41) is 11.9. The van der Waals surface area contributed by atoms with Gasteiger partial charge in [-0.2, -0.15) is 0 Å². The highest BCUT2D eigenvalue weighted by Crippen LogP contribution is 2.42. The van der Waals surface area contributed by atoms with Gasteiger partial charge in [0.15, 0.2) is 5.72 Å². The first-order valence-corrected chi connectivity index (χ1v) is 9.29. The number of fused-ring (bicyclic) bond motifs is 2. The van der Waals surface area contributed by atoms with Crippen LogP contribution in [0.1, 0.15) is 27.0 Å². The molecule has 0 aliphatic carbocycles. The van der Waals surface area contributed by atoms with Crippen LogP contribution in [0.15, 0.2) is 79.1 Å². The maximum absolute atomic E-state index is 13.2. The monoisotopic (exact) mass is 369 g/mol. The normalized spacial score (nSPS) is 18.6. The zero-order valence-electron chi connectivity index (χ0n) is 15.2. The van der Waals surface area contributed by atoms with Crippen molar-refractivity contribution in [1.82, 2.24) is 14.9 Å². The maximum atomic E-state index is 13.2. The Balaban J connectivity index is 1.61. The fraction of sp³-hybridized carbons (Fsp3) is 0.130. The predicted molar refractivity (Wildman–Crippen MR) is 107 cm³/mol. The Morgan fingerprint density at radius 1 is 1.00 bits per heavy atom. The number of imidazole rings is 1. The van der Waals surface area contributed by atoms with Crippen molar-refractivity contribution < 1.29 is 9.90 Å². The number of benzene rings is 3. The third-order valence-electron chi connectivity index (χ3n) is 5.46. The van der Waals surface area contributed by atoms with Gasteiger partial charge in [0.2, 0.25) is 0 Å². The smallest absolute Gasteiger partial charge is 0.257 e. The van der Waals surface area contributed by atoms with Crippen LogP contribution in [-0.4, -0.2) is 32.4 Å². The molecule has 1 aromatic heterocycles. The van der Waals surface area contributed by atoms with Gasteiger partial charge in [0.05, 0.1) is 17.4 Å². The molecule has 138 valence electrons. The molecule has 0 saturated heterocycles. The molecule has 2 N–H and O–H groups in total. The lowest BCUT2D eigenvalue weighted by Crippen LogP contribution is -2.45. The Labute approximate surface area is 162 Å². The number of hydrogen-bond donors (Lipinski definition) is 2. The van der Waals surface area contributed by atoms with Crippen molar-refractivity contribution in [2.24, 2.45) is 0 Å². The molecule has 28 heavy (non-hydrogen) atoms. The van der Waals surface area contributed by atoms with Crippen LogP contribution in [-0.2, 0) is 12.1 Å². The molecule has 5 rings (SSSR count). The first-order valence-electron chi connectivity index (χ1n) is 9.29. The number of aromatic amines is 1. The van der Waals surface area contributed by atoms with E-state index in [0.29, 0.717) is 29.7 Å². The van der Waals surface area contributed by atoms with Gasteiger partial charge in [0, 0.05) is 23.2 Å². The van der Waals surface area contributed by atoms with Crippen LogP contribution in [0.4, 0.5) is 0 Å². The summed E-state index contributed by atoms with van der Waals surface area (Å²) in [6.07, 6.45) is 2.29. The molecule has 4 aromatic rings. The molecule has 3 aromatic carbocycles. The van der Waals surface area contributed by atoms with Crippen molar-refractivity contribution in [2.75, 3.05) is 6.54 Å². The summed E-state index contributed by atoms with van der Waals surface area (Å²) in [6, 6.07) is 22.8. The van der Waals surface area contributed by atoms with Crippen molar-refractivity contribution in [3.8, 4) is 0 Å². The molecule has 0 fully saturated rings. The summed E-state index contributed by atoms with van der Waals surface area (Å²) in [5.74, 6) is -0.154. The third kappa shape index (κ3) is 2.44. The highest BCUT2D eigenvalue weighted by atomic mass is 16.3. The Hall–Kier alpha value is -3.44. The van der Waals surface area contributed by atoms with Gasteiger partial charge in [-0.05, 0) is 30.2 Å². The van der Waals surface area contributed by atoms with Crippen molar-refractivity contribution >= 4 is 16.9 Å². The number of H-pyrrole nitrogens is 1. The number of nitrogens with zero attached hydrogens (tertiary/aromatic N) is 2. The number of nitrogens with one attached hydrogen (secondary N) is 1. The van der Waals surface area contributed by atoms with Crippen molar-refractivity contribution in [3.05, 3.63) is 101 Å². The average Bonchev–Trinajstić information content (AvgIpc) is 3.29. The summed E-state index contributed by atoms with van der Waals surface area (Å²) in [5.41, 5.74) is 3.07. The van der Waals surface area contributed by atoms with Crippen LogP contribution in [0.5, 0.6) is 0 Å². The van der Waals surface area contributed by atoms with E-state index in [0.717, 1.165) is 16.6 Å². The second kappa shape index (κ2) is 6.32. The van der Waals surface area contributed by atoms with Crippen LogP contribution in [0.3, 0.4) is 0 Å². The lowest BCUT2D eigenvalue weighted by molar-refractivity contribution is -0.0493. The molecule has 0 spiro atoms. The van der Waals surface area contributed by atoms with Crippen molar-refractivity contribution in [3.63, 3.8) is 0 Å². The molecule has 5 nitrogen and oxygen atoms in total.